The van der Waals surface area contributed by atoms with Crippen LogP contribution in [0.5, 0.6) is 0 Å². The Morgan fingerprint density at radius 2 is 1.82 bits per heavy atom. The van der Waals surface area contributed by atoms with Crippen LogP contribution < -0.4 is 15.2 Å². The molecule has 6 rings (SSSR count). The Balaban J connectivity index is 0.000000454. The van der Waals surface area contributed by atoms with Crippen molar-refractivity contribution in [2.75, 3.05) is 12.0 Å². The molecule has 0 saturated carbocycles. The van der Waals surface area contributed by atoms with Crippen LogP contribution in [-0.2, 0) is 45.4 Å². The number of ether oxygens (including phenoxy) is 1. The fourth-order valence-corrected chi connectivity index (χ4v) is 6.67. The number of rotatable bonds is 9. The SMILES string of the molecule is COC(=O)C1=C(C)N(c2cccc(C(F)(F)F)c2)c2n[nH]c(=O)n2[C@@H]1c1ccc(C#N)cc1CCC[n+]1cccc(CO)c1.Cc1ccc(S(=O)(=O)[O-])cc1. The van der Waals surface area contributed by atoms with Gasteiger partial charge in [0.1, 0.15) is 22.7 Å². The van der Waals surface area contributed by atoms with E-state index >= 15 is 0 Å². The molecule has 2 N–H and O–H groups in total. The zero-order valence-electron chi connectivity index (χ0n) is 29.7. The first-order chi connectivity index (χ1) is 26.1. The van der Waals surface area contributed by atoms with Crippen molar-refractivity contribution in [1.82, 2.24) is 14.8 Å². The molecule has 1 aliphatic heterocycles. The van der Waals surface area contributed by atoms with E-state index in [1.54, 1.807) is 43.3 Å². The van der Waals surface area contributed by atoms with Crippen molar-refractivity contribution in [3.8, 4) is 6.07 Å². The van der Waals surface area contributed by atoms with E-state index in [0.29, 0.717) is 36.1 Å². The number of nitrogens with one attached hydrogen (secondary N) is 1. The summed E-state index contributed by atoms with van der Waals surface area (Å²) in [4.78, 5) is 27.8. The van der Waals surface area contributed by atoms with Crippen LogP contribution >= 0.6 is 0 Å². The number of hydrogen-bond donors (Lipinski definition) is 2. The number of halogens is 3. The number of alkyl halides is 3. The molecule has 0 bridgehead atoms. The highest BCUT2D eigenvalue weighted by Crippen LogP contribution is 2.43. The normalized spacial score (nSPS) is 14.1. The number of carbonyl (C=O) groups excluding carboxylic acids is 1. The van der Waals surface area contributed by atoms with Crippen LogP contribution in [0.15, 0.2) is 112 Å². The Hall–Kier alpha value is -6.09. The van der Waals surface area contributed by atoms with Gasteiger partial charge in [-0.25, -0.2) is 32.2 Å². The fourth-order valence-electron chi connectivity index (χ4n) is 6.20. The van der Waals surface area contributed by atoms with Gasteiger partial charge in [-0.3, -0.25) is 4.90 Å². The van der Waals surface area contributed by atoms with Crippen molar-refractivity contribution in [2.24, 2.45) is 0 Å². The number of hydrogen-bond acceptors (Lipinski definition) is 10. The van der Waals surface area contributed by atoms with Crippen molar-refractivity contribution >= 4 is 27.7 Å². The summed E-state index contributed by atoms with van der Waals surface area (Å²) in [6.45, 7) is 3.85. The molecule has 3 heterocycles. The first-order valence-electron chi connectivity index (χ1n) is 16.6. The highest BCUT2D eigenvalue weighted by molar-refractivity contribution is 7.85. The van der Waals surface area contributed by atoms with Crippen LogP contribution in [0.3, 0.4) is 0 Å². The van der Waals surface area contributed by atoms with Crippen molar-refractivity contribution in [3.05, 3.63) is 146 Å². The van der Waals surface area contributed by atoms with E-state index < -0.39 is 39.6 Å². The summed E-state index contributed by atoms with van der Waals surface area (Å²) >= 11 is 0. The quantitative estimate of drug-likeness (QED) is 0.118. The summed E-state index contributed by atoms with van der Waals surface area (Å²) in [7, 11) is -3.09. The van der Waals surface area contributed by atoms with Gasteiger partial charge >= 0.3 is 17.8 Å². The number of aryl methyl sites for hydroxylation is 3. The monoisotopic (exact) mass is 776 g/mol. The molecule has 5 aromatic rings. The van der Waals surface area contributed by atoms with Gasteiger partial charge in [0.25, 0.3) is 0 Å². The van der Waals surface area contributed by atoms with Gasteiger partial charge in [-0.15, -0.1) is 5.10 Å². The lowest BCUT2D eigenvalue weighted by Gasteiger charge is -2.36. The van der Waals surface area contributed by atoms with Gasteiger partial charge in [-0.1, -0.05) is 29.8 Å². The number of methoxy groups -OCH3 is 1. The van der Waals surface area contributed by atoms with Gasteiger partial charge in [-0.2, -0.15) is 18.4 Å². The predicted octanol–water partition coefficient (Wildman–Crippen LogP) is 4.96. The van der Waals surface area contributed by atoms with Crippen LogP contribution in [-0.4, -0.2) is 45.9 Å². The molecular weight excluding hydrogens is 742 g/mol. The average Bonchev–Trinajstić information content (AvgIpc) is 3.54. The van der Waals surface area contributed by atoms with E-state index in [9.17, 15) is 46.1 Å². The van der Waals surface area contributed by atoms with Gasteiger partial charge < -0.3 is 14.4 Å². The van der Waals surface area contributed by atoms with Crippen LogP contribution in [0.25, 0.3) is 0 Å². The maximum atomic E-state index is 13.6. The second-order valence-corrected chi connectivity index (χ2v) is 13.9. The molecule has 0 fully saturated rings. The van der Waals surface area contributed by atoms with Crippen LogP contribution in [0.4, 0.5) is 24.8 Å². The van der Waals surface area contributed by atoms with Gasteiger partial charge in [0.2, 0.25) is 5.95 Å². The van der Waals surface area contributed by atoms with E-state index in [4.69, 9.17) is 4.74 Å². The highest BCUT2D eigenvalue weighted by atomic mass is 32.2. The number of pyridine rings is 1. The standard InChI is InChI=1S/C31H27F3N6O4.C7H8O3S/c1-19-26(28(42)44-2)27(40-29(36-37-30(40)43)39(19)24-9-3-8-23(15-24)31(32,33)34)25-11-10-20(16-35)14-22(25)7-5-13-38-12-4-6-21(17-38)18-41;1-6-2-4-7(5-3-6)11(8,9)10/h3-4,6,8-12,14-15,17,27,41H,5,7,13,18H2,1-2H3;2-5H,1H3,(H,8,9,10)/t27-;/m1./s1. The van der Waals surface area contributed by atoms with E-state index in [2.05, 4.69) is 16.3 Å². The summed E-state index contributed by atoms with van der Waals surface area (Å²) < 4.78 is 80.3. The summed E-state index contributed by atoms with van der Waals surface area (Å²) in [5.41, 5.74) is 1.96. The number of allylic oxidation sites excluding steroid dienone is 1. The predicted molar refractivity (Wildman–Crippen MR) is 190 cm³/mol. The van der Waals surface area contributed by atoms with Crippen molar-refractivity contribution in [2.45, 2.75) is 57.0 Å². The number of anilines is 2. The number of aliphatic hydroxyl groups is 1. The molecular formula is C38H35F3N6O7S. The minimum Gasteiger partial charge on any atom is -0.744 e. The third-order valence-electron chi connectivity index (χ3n) is 8.82. The number of aromatic nitrogens is 4. The molecule has 13 nitrogen and oxygen atoms in total. The van der Waals surface area contributed by atoms with Gasteiger partial charge in [-0.05, 0) is 79.9 Å². The highest BCUT2D eigenvalue weighted by Gasteiger charge is 2.41. The van der Waals surface area contributed by atoms with E-state index in [-0.39, 0.29) is 34.4 Å². The summed E-state index contributed by atoms with van der Waals surface area (Å²) in [5.74, 6) is -0.800. The zero-order valence-corrected chi connectivity index (χ0v) is 30.6. The number of nitriles is 1. The lowest BCUT2D eigenvalue weighted by molar-refractivity contribution is -0.697. The molecule has 3 aromatic carbocycles. The first kappa shape index (κ1) is 40.1. The topological polar surface area (TPSA) is 185 Å². The number of nitrogens with zero attached hydrogens (tertiary/aromatic N) is 5. The Kier molecular flexibility index (Phi) is 12.0. The van der Waals surface area contributed by atoms with Crippen LogP contribution in [0, 0.1) is 18.3 Å². The lowest BCUT2D eigenvalue weighted by atomic mass is 9.88. The second kappa shape index (κ2) is 16.5. The summed E-state index contributed by atoms with van der Waals surface area (Å²) in [6.07, 6.45) is 0.124. The van der Waals surface area contributed by atoms with Crippen LogP contribution in [0.1, 0.15) is 52.8 Å². The number of carbonyl (C=O) groups is 1. The Morgan fingerprint density at radius 3 is 2.45 bits per heavy atom. The molecule has 0 amide bonds. The largest absolute Gasteiger partial charge is 0.744 e. The van der Waals surface area contributed by atoms with E-state index in [0.717, 1.165) is 23.3 Å². The van der Waals surface area contributed by atoms with E-state index in [1.165, 1.54) is 40.8 Å². The maximum absolute atomic E-state index is 13.6. The first-order valence-corrected chi connectivity index (χ1v) is 18.1. The lowest BCUT2D eigenvalue weighted by Crippen LogP contribution is -2.38. The molecule has 286 valence electrons. The summed E-state index contributed by atoms with van der Waals surface area (Å²) in [6, 6.07) is 19.9. The van der Waals surface area contributed by atoms with Gasteiger partial charge in [0, 0.05) is 29.4 Å². The molecule has 0 spiro atoms. The molecule has 1 atom stereocenters. The van der Waals surface area contributed by atoms with Crippen LogP contribution in [0.2, 0.25) is 0 Å². The molecule has 0 saturated heterocycles. The molecule has 0 aliphatic carbocycles. The molecule has 2 aromatic heterocycles. The number of aliphatic hydroxyl groups excluding tert-OH is 1. The fraction of sp³-hybridized carbons (Fsp3) is 0.237. The van der Waals surface area contributed by atoms with Crippen molar-refractivity contribution < 1.29 is 45.3 Å². The van der Waals surface area contributed by atoms with Crippen molar-refractivity contribution in [3.63, 3.8) is 0 Å². The zero-order chi connectivity index (χ0) is 40.1. The van der Waals surface area contributed by atoms with E-state index in [1.807, 2.05) is 30.0 Å². The molecule has 55 heavy (non-hydrogen) atoms. The Morgan fingerprint density at radius 1 is 1.09 bits per heavy atom. The van der Waals surface area contributed by atoms with Crippen molar-refractivity contribution in [1.29, 1.82) is 5.26 Å². The number of benzene rings is 3. The second-order valence-electron chi connectivity index (χ2n) is 12.5. The van der Waals surface area contributed by atoms with Gasteiger partial charge in [0.05, 0.1) is 41.4 Å². The number of aromatic amines is 1. The average molecular weight is 777 g/mol. The molecule has 0 radical (unpaired) electrons. The minimum atomic E-state index is -4.63. The number of fused-ring (bicyclic) bond motifs is 1. The third-order valence-corrected chi connectivity index (χ3v) is 9.67. The maximum Gasteiger partial charge on any atom is 0.416 e. The Bertz CT molecular complexity index is 2450. The number of H-pyrrole nitrogens is 1. The molecule has 1 aliphatic rings. The van der Waals surface area contributed by atoms with Gasteiger partial charge in [0.15, 0.2) is 12.4 Å². The molecule has 17 heteroatoms. The number of esters is 1. The smallest absolute Gasteiger partial charge is 0.416 e. The third kappa shape index (κ3) is 9.00. The Labute approximate surface area is 313 Å². The molecule has 0 unspecified atom stereocenters. The summed E-state index contributed by atoms with van der Waals surface area (Å²) in [5, 5.41) is 25.6. The minimum absolute atomic E-state index is 0.0174.